The van der Waals surface area contributed by atoms with Gasteiger partial charge in [0.05, 0.1) is 10.7 Å². The molecule has 3 aromatic rings. The van der Waals surface area contributed by atoms with Gasteiger partial charge >= 0.3 is 0 Å². The highest BCUT2D eigenvalue weighted by Gasteiger charge is 2.12. The van der Waals surface area contributed by atoms with Crippen molar-refractivity contribution < 1.29 is 4.79 Å². The van der Waals surface area contributed by atoms with Crippen LogP contribution >= 0.6 is 11.3 Å². The number of rotatable bonds is 3. The van der Waals surface area contributed by atoms with Crippen LogP contribution in [0.25, 0.3) is 11.3 Å². The number of thiazole rings is 1. The van der Waals surface area contributed by atoms with Crippen molar-refractivity contribution in [3.05, 3.63) is 68.9 Å². The lowest BCUT2D eigenvalue weighted by Crippen LogP contribution is -2.26. The quantitative estimate of drug-likeness (QED) is 0.805. The van der Waals surface area contributed by atoms with Crippen LogP contribution in [-0.4, -0.2) is 15.5 Å². The second kappa shape index (κ2) is 6.18. The Kier molecular flexibility index (Phi) is 4.08. The van der Waals surface area contributed by atoms with Gasteiger partial charge in [0.1, 0.15) is 5.56 Å². The zero-order valence-corrected chi connectivity index (χ0v) is 13.6. The van der Waals surface area contributed by atoms with Crippen molar-refractivity contribution in [1.82, 2.24) is 9.55 Å². The number of benzene rings is 1. The standard InChI is InChI=1S/C17H15N3O2S/c1-11-18-15(10-23-11)12-5-3-6-13(9-12)19-16(21)14-7-4-8-20(2)17(14)22/h3-10H,1-2H3,(H,19,21). The van der Waals surface area contributed by atoms with Crippen molar-refractivity contribution in [1.29, 1.82) is 0 Å². The Morgan fingerprint density at radius 3 is 2.83 bits per heavy atom. The van der Waals surface area contributed by atoms with E-state index in [-0.39, 0.29) is 11.1 Å². The second-order valence-corrected chi connectivity index (χ2v) is 6.19. The van der Waals surface area contributed by atoms with Crippen LogP contribution in [0.5, 0.6) is 0 Å². The van der Waals surface area contributed by atoms with Gasteiger partial charge < -0.3 is 9.88 Å². The van der Waals surface area contributed by atoms with Crippen LogP contribution in [0.1, 0.15) is 15.4 Å². The first-order valence-electron chi connectivity index (χ1n) is 7.04. The molecule has 0 saturated heterocycles. The van der Waals surface area contributed by atoms with Gasteiger partial charge in [-0.2, -0.15) is 0 Å². The molecule has 2 aromatic heterocycles. The monoisotopic (exact) mass is 325 g/mol. The minimum atomic E-state index is -0.419. The average molecular weight is 325 g/mol. The van der Waals surface area contributed by atoms with Gasteiger partial charge in [-0.05, 0) is 31.2 Å². The molecule has 1 N–H and O–H groups in total. The highest BCUT2D eigenvalue weighted by molar-refractivity contribution is 7.09. The van der Waals surface area contributed by atoms with Crippen LogP contribution in [0.3, 0.4) is 0 Å². The molecule has 116 valence electrons. The smallest absolute Gasteiger partial charge is 0.263 e. The van der Waals surface area contributed by atoms with E-state index in [2.05, 4.69) is 10.3 Å². The third-order valence-electron chi connectivity index (χ3n) is 3.40. The topological polar surface area (TPSA) is 64.0 Å². The molecule has 0 fully saturated rings. The summed E-state index contributed by atoms with van der Waals surface area (Å²) >= 11 is 1.58. The highest BCUT2D eigenvalue weighted by Crippen LogP contribution is 2.24. The zero-order valence-electron chi connectivity index (χ0n) is 12.7. The fourth-order valence-corrected chi connectivity index (χ4v) is 2.84. The number of carbonyl (C=O) groups excluding carboxylic acids is 1. The molecule has 2 heterocycles. The third kappa shape index (κ3) is 3.22. The number of aromatic nitrogens is 2. The molecule has 5 nitrogen and oxygen atoms in total. The van der Waals surface area contributed by atoms with Crippen molar-refractivity contribution in [2.45, 2.75) is 6.92 Å². The predicted octanol–water partition coefficient (Wildman–Crippen LogP) is 3.07. The fraction of sp³-hybridized carbons (Fsp3) is 0.118. The van der Waals surface area contributed by atoms with E-state index >= 15 is 0 Å². The molecule has 0 aliphatic heterocycles. The van der Waals surface area contributed by atoms with Crippen LogP contribution in [0, 0.1) is 6.92 Å². The normalized spacial score (nSPS) is 10.5. The van der Waals surface area contributed by atoms with Crippen molar-refractivity contribution in [3.63, 3.8) is 0 Å². The van der Waals surface area contributed by atoms with E-state index < -0.39 is 5.91 Å². The van der Waals surface area contributed by atoms with Gasteiger partial charge in [-0.3, -0.25) is 9.59 Å². The van der Waals surface area contributed by atoms with E-state index in [1.165, 1.54) is 10.6 Å². The average Bonchev–Trinajstić information content (AvgIpc) is 2.97. The third-order valence-corrected chi connectivity index (χ3v) is 4.18. The van der Waals surface area contributed by atoms with Crippen LogP contribution in [-0.2, 0) is 7.05 Å². The summed E-state index contributed by atoms with van der Waals surface area (Å²) < 4.78 is 1.38. The molecule has 23 heavy (non-hydrogen) atoms. The van der Waals surface area contributed by atoms with Gasteiger partial charge in [0.2, 0.25) is 0 Å². The number of anilines is 1. The van der Waals surface area contributed by atoms with Gasteiger partial charge in [0.15, 0.2) is 0 Å². The van der Waals surface area contributed by atoms with Crippen LogP contribution in [0.4, 0.5) is 5.69 Å². The number of nitrogens with zero attached hydrogens (tertiary/aromatic N) is 2. The lowest BCUT2D eigenvalue weighted by Gasteiger charge is -2.07. The highest BCUT2D eigenvalue weighted by atomic mass is 32.1. The van der Waals surface area contributed by atoms with E-state index in [1.807, 2.05) is 30.5 Å². The Hall–Kier alpha value is -2.73. The van der Waals surface area contributed by atoms with E-state index in [0.29, 0.717) is 5.69 Å². The summed E-state index contributed by atoms with van der Waals surface area (Å²) in [4.78, 5) is 28.7. The minimum Gasteiger partial charge on any atom is -0.322 e. The number of carbonyl (C=O) groups is 1. The molecule has 0 unspecified atom stereocenters. The molecule has 0 atom stereocenters. The first kappa shape index (κ1) is 15.2. The Morgan fingerprint density at radius 2 is 2.09 bits per heavy atom. The SMILES string of the molecule is Cc1nc(-c2cccc(NC(=O)c3cccn(C)c3=O)c2)cs1. The number of hydrogen-bond donors (Lipinski definition) is 1. The molecular formula is C17H15N3O2S. The Bertz CT molecular complexity index is 927. The number of hydrogen-bond acceptors (Lipinski definition) is 4. The lowest BCUT2D eigenvalue weighted by molar-refractivity contribution is 0.102. The number of amides is 1. The van der Waals surface area contributed by atoms with Crippen molar-refractivity contribution in [3.8, 4) is 11.3 Å². The summed E-state index contributed by atoms with van der Waals surface area (Å²) in [6, 6.07) is 10.6. The number of pyridine rings is 1. The maximum atomic E-state index is 12.3. The molecule has 0 aliphatic rings. The van der Waals surface area contributed by atoms with Gasteiger partial charge in [0.25, 0.3) is 11.5 Å². The van der Waals surface area contributed by atoms with Gasteiger partial charge in [-0.15, -0.1) is 11.3 Å². The number of nitrogens with one attached hydrogen (secondary N) is 1. The van der Waals surface area contributed by atoms with E-state index in [4.69, 9.17) is 0 Å². The molecule has 6 heteroatoms. The number of aryl methyl sites for hydroxylation is 2. The summed E-state index contributed by atoms with van der Waals surface area (Å²) in [7, 11) is 1.62. The van der Waals surface area contributed by atoms with Crippen molar-refractivity contribution >= 4 is 22.9 Å². The van der Waals surface area contributed by atoms with Crippen molar-refractivity contribution in [2.24, 2.45) is 7.05 Å². The zero-order chi connectivity index (χ0) is 16.4. The molecule has 0 spiro atoms. The lowest BCUT2D eigenvalue weighted by atomic mass is 10.1. The van der Waals surface area contributed by atoms with E-state index in [9.17, 15) is 9.59 Å². The van der Waals surface area contributed by atoms with E-state index in [0.717, 1.165) is 16.3 Å². The summed E-state index contributed by atoms with van der Waals surface area (Å²) in [6.07, 6.45) is 1.62. The largest absolute Gasteiger partial charge is 0.322 e. The molecule has 0 radical (unpaired) electrons. The van der Waals surface area contributed by atoms with Crippen LogP contribution < -0.4 is 10.9 Å². The summed E-state index contributed by atoms with van der Waals surface area (Å²) in [5.74, 6) is -0.419. The second-order valence-electron chi connectivity index (χ2n) is 5.12. The fourth-order valence-electron chi connectivity index (χ4n) is 2.22. The summed E-state index contributed by atoms with van der Waals surface area (Å²) in [5, 5.41) is 5.73. The van der Waals surface area contributed by atoms with Gasteiger partial charge in [-0.25, -0.2) is 4.98 Å². The van der Waals surface area contributed by atoms with Crippen LogP contribution in [0.15, 0.2) is 52.8 Å². The summed E-state index contributed by atoms with van der Waals surface area (Å²) in [5.41, 5.74) is 2.22. The minimum absolute atomic E-state index is 0.116. The molecule has 1 amide bonds. The van der Waals surface area contributed by atoms with E-state index in [1.54, 1.807) is 36.7 Å². The maximum absolute atomic E-state index is 12.3. The first-order valence-corrected chi connectivity index (χ1v) is 7.92. The molecule has 0 aliphatic carbocycles. The molecule has 3 rings (SSSR count). The molecule has 0 saturated carbocycles. The molecule has 1 aromatic carbocycles. The first-order chi connectivity index (χ1) is 11.0. The molecule has 0 bridgehead atoms. The predicted molar refractivity (Wildman–Crippen MR) is 91.9 cm³/mol. The Morgan fingerprint density at radius 1 is 1.26 bits per heavy atom. The van der Waals surface area contributed by atoms with Crippen LogP contribution in [0.2, 0.25) is 0 Å². The summed E-state index contributed by atoms with van der Waals surface area (Å²) in [6.45, 7) is 1.95. The van der Waals surface area contributed by atoms with Crippen molar-refractivity contribution in [2.75, 3.05) is 5.32 Å². The maximum Gasteiger partial charge on any atom is 0.263 e. The van der Waals surface area contributed by atoms with Gasteiger partial charge in [0, 0.05) is 29.9 Å². The Labute approximate surface area is 137 Å². The Balaban J connectivity index is 1.87. The van der Waals surface area contributed by atoms with Gasteiger partial charge in [-0.1, -0.05) is 12.1 Å². The molecular weight excluding hydrogens is 310 g/mol.